The molecule has 12 nitrogen and oxygen atoms in total. The zero-order valence-corrected chi connectivity index (χ0v) is 46.7. The number of unbranched alkanes of at least 4 members (excludes halogenated alkanes) is 36. The van der Waals surface area contributed by atoms with Crippen LogP contribution in [0.3, 0.4) is 0 Å². The Bertz CT molecular complexity index is 1270. The number of quaternary nitrogens is 2. The van der Waals surface area contributed by atoms with Gasteiger partial charge < -0.3 is 38.5 Å². The van der Waals surface area contributed by atoms with Gasteiger partial charge in [0, 0.05) is 0 Å². The molecular formula is C54H114N2O10S2. The number of hydrogen-bond donors (Lipinski definition) is 4. The quantitative estimate of drug-likeness (QED) is 0.0259. The highest BCUT2D eigenvalue weighted by atomic mass is 32.2. The third-order valence-corrected chi connectivity index (χ3v) is 15.4. The first-order valence-electron chi connectivity index (χ1n) is 28.6. The predicted molar refractivity (Wildman–Crippen MR) is 284 cm³/mol. The van der Waals surface area contributed by atoms with Crippen LogP contribution in [-0.4, -0.2) is 146 Å². The number of hydrogen-bond acceptors (Lipinski definition) is 10. The van der Waals surface area contributed by atoms with E-state index in [0.717, 1.165) is 32.2 Å². The van der Waals surface area contributed by atoms with E-state index in [1.165, 1.54) is 218 Å². The molecule has 4 N–H and O–H groups in total. The minimum Gasteiger partial charge on any atom is -0.748 e. The summed E-state index contributed by atoms with van der Waals surface area (Å²) >= 11 is 0. The van der Waals surface area contributed by atoms with E-state index in [1.54, 1.807) is 0 Å². The first kappa shape index (κ1) is 69.7. The molecule has 68 heavy (non-hydrogen) atoms. The maximum Gasteiger partial charge on any atom is 0.116 e. The molecule has 0 aromatic carbocycles. The number of aliphatic hydroxyl groups is 4. The molecule has 0 aromatic heterocycles. The van der Waals surface area contributed by atoms with Gasteiger partial charge in [-0.1, -0.05) is 232 Å². The van der Waals surface area contributed by atoms with Gasteiger partial charge in [-0.15, -0.1) is 0 Å². The van der Waals surface area contributed by atoms with E-state index in [-0.39, 0.29) is 24.2 Å². The van der Waals surface area contributed by atoms with Crippen LogP contribution in [0.25, 0.3) is 0 Å². The summed E-state index contributed by atoms with van der Waals surface area (Å²) in [5.41, 5.74) is 0. The van der Waals surface area contributed by atoms with E-state index in [9.17, 15) is 46.4 Å². The smallest absolute Gasteiger partial charge is 0.116 e. The van der Waals surface area contributed by atoms with Crippen molar-refractivity contribution < 1.29 is 55.3 Å². The van der Waals surface area contributed by atoms with Crippen molar-refractivity contribution in [3.63, 3.8) is 0 Å². The molecular weight excluding hydrogens is 901 g/mol. The van der Waals surface area contributed by atoms with Crippen molar-refractivity contribution in [2.24, 2.45) is 0 Å². The van der Waals surface area contributed by atoms with Crippen LogP contribution < -0.4 is 0 Å². The number of likely N-dealkylation sites (N-methyl/N-ethyl adjacent to an activating group) is 1. The predicted octanol–water partition coefficient (Wildman–Crippen LogP) is 11.5. The fourth-order valence-electron chi connectivity index (χ4n) is 9.86. The van der Waals surface area contributed by atoms with Crippen molar-refractivity contribution in [2.45, 2.75) is 270 Å². The minimum absolute atomic E-state index is 0.0571. The van der Waals surface area contributed by atoms with Crippen LogP contribution in [0.2, 0.25) is 0 Å². The average molecular weight is 1020 g/mol. The Morgan fingerprint density at radius 3 is 0.809 bits per heavy atom. The summed E-state index contributed by atoms with van der Waals surface area (Å²) in [6.07, 6.45) is 48.3. The first-order valence-corrected chi connectivity index (χ1v) is 31.7. The Balaban J connectivity index is 0. The Morgan fingerprint density at radius 1 is 0.353 bits per heavy atom. The summed E-state index contributed by atoms with van der Waals surface area (Å²) in [5, 5.41) is 38.8. The van der Waals surface area contributed by atoms with Crippen molar-refractivity contribution in [2.75, 3.05) is 78.1 Å². The van der Waals surface area contributed by atoms with E-state index >= 15 is 0 Å². The van der Waals surface area contributed by atoms with E-state index in [1.807, 2.05) is 14.1 Å². The van der Waals surface area contributed by atoms with Gasteiger partial charge in [0.25, 0.3) is 0 Å². The zero-order valence-electron chi connectivity index (χ0n) is 45.0. The highest BCUT2D eigenvalue weighted by Crippen LogP contribution is 2.18. The normalized spacial score (nSPS) is 13.4. The van der Waals surface area contributed by atoms with E-state index < -0.39 is 43.9 Å². The second kappa shape index (κ2) is 47.6. The highest BCUT2D eigenvalue weighted by molar-refractivity contribution is 7.86. The Kier molecular flexibility index (Phi) is 48.7. The Morgan fingerprint density at radius 2 is 0.574 bits per heavy atom. The standard InChI is InChI=1S/C27H57NO6S.C27H57NO4S/c1-2-3-4-5-6-7-8-9-10-11-12-13-14-15-16-17-18-19-20-28(21-23-29,22-24-30)25-27(31)26-35(32,33)34;1-4-5-6-7-8-9-10-11-12-13-14-15-16-17-18-19-20-21-22-23-24-28(2,3)25-27(29)26-33(30,31)32/h27,29-31H,2-26H2,1H3;27,29H,4-26H2,1-3H3. The van der Waals surface area contributed by atoms with Crippen LogP contribution in [0.1, 0.15) is 258 Å². The largest absolute Gasteiger partial charge is 0.748 e. The lowest BCUT2D eigenvalue weighted by Gasteiger charge is -2.39. The van der Waals surface area contributed by atoms with Gasteiger partial charge in [0.2, 0.25) is 0 Å². The molecule has 0 fully saturated rings. The third kappa shape index (κ3) is 53.4. The van der Waals surface area contributed by atoms with E-state index in [4.69, 9.17) is 0 Å². The molecule has 0 aliphatic heterocycles. The monoisotopic (exact) mass is 1010 g/mol. The molecule has 0 saturated carbocycles. The lowest BCUT2D eigenvalue weighted by molar-refractivity contribution is -0.931. The van der Waals surface area contributed by atoms with Gasteiger partial charge in [0.05, 0.1) is 72.1 Å². The highest BCUT2D eigenvalue weighted by Gasteiger charge is 2.30. The molecule has 0 saturated heterocycles. The Hall–Kier alpha value is -0.420. The zero-order chi connectivity index (χ0) is 51.1. The molecule has 14 heteroatoms. The molecule has 2 unspecified atom stereocenters. The van der Waals surface area contributed by atoms with Crippen LogP contribution in [0.5, 0.6) is 0 Å². The molecule has 0 spiro atoms. The maximum absolute atomic E-state index is 11.0. The first-order chi connectivity index (χ1) is 32.4. The summed E-state index contributed by atoms with van der Waals surface area (Å²) in [7, 11) is -4.91. The van der Waals surface area contributed by atoms with Crippen LogP contribution in [0.4, 0.5) is 0 Å². The lowest BCUT2D eigenvalue weighted by Crippen LogP contribution is -2.56. The molecule has 0 aliphatic carbocycles. The van der Waals surface area contributed by atoms with Gasteiger partial charge in [-0.05, 0) is 25.7 Å². The van der Waals surface area contributed by atoms with Gasteiger partial charge in [-0.3, -0.25) is 0 Å². The summed E-state index contributed by atoms with van der Waals surface area (Å²) in [4.78, 5) is 0. The van der Waals surface area contributed by atoms with Crippen molar-refractivity contribution in [1.29, 1.82) is 0 Å². The van der Waals surface area contributed by atoms with Gasteiger partial charge in [0.1, 0.15) is 38.4 Å². The van der Waals surface area contributed by atoms with E-state index in [0.29, 0.717) is 30.7 Å². The molecule has 0 radical (unpaired) electrons. The van der Waals surface area contributed by atoms with Gasteiger partial charge in [-0.2, -0.15) is 0 Å². The SMILES string of the molecule is CCCCCCCCCCCCCCCCCCCCCC[N+](C)(C)CC(O)CS(=O)(=O)[O-].CCCCCCCCCCCCCCCCCCCC[N+](CCO)(CCO)CC(O)CS(=O)(=O)[O-]. The second-order valence-electron chi connectivity index (χ2n) is 21.5. The topological polar surface area (TPSA) is 195 Å². The minimum atomic E-state index is -4.51. The summed E-state index contributed by atoms with van der Waals surface area (Å²) in [5.74, 6) is -1.52. The molecule has 0 rings (SSSR count). The Labute approximate surface area is 421 Å². The second-order valence-corrected chi connectivity index (χ2v) is 24.4. The molecule has 0 amide bonds. The molecule has 0 bridgehead atoms. The van der Waals surface area contributed by atoms with Crippen LogP contribution >= 0.6 is 0 Å². The van der Waals surface area contributed by atoms with Crippen molar-refractivity contribution in [3.05, 3.63) is 0 Å². The number of aliphatic hydroxyl groups excluding tert-OH is 4. The average Bonchev–Trinajstić information content (AvgIpc) is 3.24. The third-order valence-electron chi connectivity index (χ3n) is 13.8. The number of nitrogens with zero attached hydrogens (tertiary/aromatic N) is 2. The van der Waals surface area contributed by atoms with Crippen molar-refractivity contribution in [1.82, 2.24) is 0 Å². The van der Waals surface area contributed by atoms with Crippen LogP contribution in [-0.2, 0) is 20.2 Å². The summed E-state index contributed by atoms with van der Waals surface area (Å²) < 4.78 is 65.9. The fourth-order valence-corrected chi connectivity index (χ4v) is 11.0. The van der Waals surface area contributed by atoms with Crippen LogP contribution in [0, 0.1) is 0 Å². The number of rotatable bonds is 52. The van der Waals surface area contributed by atoms with Crippen molar-refractivity contribution >= 4 is 20.2 Å². The van der Waals surface area contributed by atoms with Gasteiger partial charge >= 0.3 is 0 Å². The summed E-state index contributed by atoms with van der Waals surface area (Å²) in [6, 6.07) is 0. The lowest BCUT2D eigenvalue weighted by atomic mass is 10.0. The molecule has 412 valence electrons. The van der Waals surface area contributed by atoms with Gasteiger partial charge in [0.15, 0.2) is 0 Å². The molecule has 2 atom stereocenters. The fraction of sp³-hybridized carbons (Fsp3) is 1.00. The summed E-state index contributed by atoms with van der Waals surface area (Å²) in [6.45, 7) is 6.88. The van der Waals surface area contributed by atoms with Crippen LogP contribution in [0.15, 0.2) is 0 Å². The molecule has 0 heterocycles. The van der Waals surface area contributed by atoms with Gasteiger partial charge in [-0.25, -0.2) is 16.8 Å². The van der Waals surface area contributed by atoms with Crippen molar-refractivity contribution in [3.8, 4) is 0 Å². The van der Waals surface area contributed by atoms with E-state index in [2.05, 4.69) is 13.8 Å². The maximum atomic E-state index is 11.0. The molecule has 0 aromatic rings. The molecule has 0 aliphatic rings.